The molecule has 5 heteroatoms. The molecule has 20 heavy (non-hydrogen) atoms. The third-order valence-corrected chi connectivity index (χ3v) is 3.36. The zero-order valence-corrected chi connectivity index (χ0v) is 13.2. The second-order valence-corrected chi connectivity index (χ2v) is 5.51. The van der Waals surface area contributed by atoms with Gasteiger partial charge in [-0.3, -0.25) is 4.79 Å². The van der Waals surface area contributed by atoms with Gasteiger partial charge in [0, 0.05) is 25.5 Å². The number of nitrogens with zero attached hydrogens (tertiary/aromatic N) is 2. The number of aromatic nitrogens is 1. The van der Waals surface area contributed by atoms with Crippen molar-refractivity contribution < 1.29 is 4.79 Å². The average molecular weight is 334 g/mol. The van der Waals surface area contributed by atoms with E-state index in [-0.39, 0.29) is 5.91 Å². The molecule has 104 valence electrons. The Kier molecular flexibility index (Phi) is 4.39. The highest BCUT2D eigenvalue weighted by atomic mass is 79.9. The molecule has 4 nitrogen and oxygen atoms in total. The third-order valence-electron chi connectivity index (χ3n) is 2.92. The summed E-state index contributed by atoms with van der Waals surface area (Å²) in [5.74, 6) is -0.216. The van der Waals surface area contributed by atoms with Gasteiger partial charge in [0.05, 0.1) is 0 Å². The van der Waals surface area contributed by atoms with Crippen LogP contribution in [0.15, 0.2) is 41.0 Å². The van der Waals surface area contributed by atoms with E-state index in [1.807, 2.05) is 44.1 Å². The van der Waals surface area contributed by atoms with Crippen molar-refractivity contribution in [3.8, 4) is 0 Å². The second-order valence-electron chi connectivity index (χ2n) is 4.69. The SMILES string of the molecule is Cc1cc(N(C)C)ccc1NC(=O)c1cccc(Br)n1. The van der Waals surface area contributed by atoms with E-state index in [1.54, 1.807) is 18.2 Å². The molecule has 2 aromatic rings. The molecule has 0 bridgehead atoms. The number of carbonyl (C=O) groups excluding carboxylic acids is 1. The number of benzene rings is 1. The van der Waals surface area contributed by atoms with Crippen molar-refractivity contribution in [2.75, 3.05) is 24.3 Å². The summed E-state index contributed by atoms with van der Waals surface area (Å²) in [6, 6.07) is 11.2. The molecule has 2 rings (SSSR count). The zero-order chi connectivity index (χ0) is 14.7. The van der Waals surface area contributed by atoms with Crippen LogP contribution in [0.2, 0.25) is 0 Å². The molecule has 0 aliphatic rings. The number of hydrogen-bond donors (Lipinski definition) is 1. The normalized spacial score (nSPS) is 10.2. The Morgan fingerprint density at radius 3 is 2.60 bits per heavy atom. The number of halogens is 1. The molecule has 1 aromatic heterocycles. The molecule has 0 fully saturated rings. The van der Waals surface area contributed by atoms with E-state index in [9.17, 15) is 4.79 Å². The number of anilines is 2. The summed E-state index contributed by atoms with van der Waals surface area (Å²) in [5.41, 5.74) is 3.29. The number of nitrogens with one attached hydrogen (secondary N) is 1. The Labute approximate surface area is 127 Å². The first-order chi connectivity index (χ1) is 9.47. The molecule has 1 N–H and O–H groups in total. The Balaban J connectivity index is 2.20. The van der Waals surface area contributed by atoms with Crippen molar-refractivity contribution >= 4 is 33.2 Å². The molecule has 0 radical (unpaired) electrons. The van der Waals surface area contributed by atoms with Crippen molar-refractivity contribution in [1.29, 1.82) is 0 Å². The molecular formula is C15H16BrN3O. The van der Waals surface area contributed by atoms with Crippen molar-refractivity contribution in [3.63, 3.8) is 0 Å². The number of amides is 1. The molecule has 1 aromatic carbocycles. The van der Waals surface area contributed by atoms with E-state index in [0.29, 0.717) is 10.3 Å². The molecule has 1 amide bonds. The zero-order valence-electron chi connectivity index (χ0n) is 11.6. The lowest BCUT2D eigenvalue weighted by atomic mass is 10.1. The first kappa shape index (κ1) is 14.5. The first-order valence-corrected chi connectivity index (χ1v) is 6.98. The number of carbonyl (C=O) groups is 1. The van der Waals surface area contributed by atoms with E-state index in [2.05, 4.69) is 26.2 Å². The van der Waals surface area contributed by atoms with Crippen molar-refractivity contribution in [2.45, 2.75) is 6.92 Å². The van der Waals surface area contributed by atoms with Crippen LogP contribution < -0.4 is 10.2 Å². The van der Waals surface area contributed by atoms with Crippen molar-refractivity contribution in [3.05, 3.63) is 52.3 Å². The van der Waals surface area contributed by atoms with Crippen LogP contribution in [0.3, 0.4) is 0 Å². The first-order valence-electron chi connectivity index (χ1n) is 6.19. The van der Waals surface area contributed by atoms with E-state index in [1.165, 1.54) is 0 Å². The summed E-state index contributed by atoms with van der Waals surface area (Å²) in [4.78, 5) is 18.3. The minimum Gasteiger partial charge on any atom is -0.378 e. The molecule has 0 atom stereocenters. The Hall–Kier alpha value is -1.88. The lowest BCUT2D eigenvalue weighted by molar-refractivity contribution is 0.102. The van der Waals surface area contributed by atoms with E-state index < -0.39 is 0 Å². The summed E-state index contributed by atoms with van der Waals surface area (Å²) >= 11 is 3.26. The van der Waals surface area contributed by atoms with Crippen LogP contribution in [-0.4, -0.2) is 25.0 Å². The number of rotatable bonds is 3. The highest BCUT2D eigenvalue weighted by Crippen LogP contribution is 2.21. The van der Waals surface area contributed by atoms with Crippen LogP contribution in [0.25, 0.3) is 0 Å². The molecule has 0 aliphatic carbocycles. The Morgan fingerprint density at radius 2 is 2.00 bits per heavy atom. The summed E-state index contributed by atoms with van der Waals surface area (Å²) in [7, 11) is 3.97. The molecule has 1 heterocycles. The van der Waals surface area contributed by atoms with E-state index in [4.69, 9.17) is 0 Å². The fraction of sp³-hybridized carbons (Fsp3) is 0.200. The minimum absolute atomic E-state index is 0.216. The standard InChI is InChI=1S/C15H16BrN3O/c1-10-9-11(19(2)3)7-8-12(10)18-15(20)13-5-4-6-14(16)17-13/h4-9H,1-3H3,(H,18,20). The maximum atomic E-state index is 12.1. The van der Waals surface area contributed by atoms with Gasteiger partial charge in [-0.25, -0.2) is 4.98 Å². The topological polar surface area (TPSA) is 45.2 Å². The molecular weight excluding hydrogens is 318 g/mol. The minimum atomic E-state index is -0.216. The van der Waals surface area contributed by atoms with Crippen molar-refractivity contribution in [2.24, 2.45) is 0 Å². The van der Waals surface area contributed by atoms with Gasteiger partial charge >= 0.3 is 0 Å². The van der Waals surface area contributed by atoms with Gasteiger partial charge in [0.25, 0.3) is 5.91 Å². The Morgan fingerprint density at radius 1 is 1.25 bits per heavy atom. The smallest absolute Gasteiger partial charge is 0.274 e. The van der Waals surface area contributed by atoms with Gasteiger partial charge in [-0.2, -0.15) is 0 Å². The maximum absolute atomic E-state index is 12.1. The van der Waals surface area contributed by atoms with Gasteiger partial charge in [0.1, 0.15) is 10.3 Å². The molecule has 0 unspecified atom stereocenters. The summed E-state index contributed by atoms with van der Waals surface area (Å²) in [5, 5.41) is 2.88. The van der Waals surface area contributed by atoms with Crippen LogP contribution in [0.5, 0.6) is 0 Å². The third kappa shape index (κ3) is 3.36. The summed E-state index contributed by atoms with van der Waals surface area (Å²) in [6.07, 6.45) is 0. The summed E-state index contributed by atoms with van der Waals surface area (Å²) < 4.78 is 0.643. The largest absolute Gasteiger partial charge is 0.378 e. The van der Waals surface area contributed by atoms with Gasteiger partial charge in [-0.1, -0.05) is 6.07 Å². The maximum Gasteiger partial charge on any atom is 0.274 e. The Bertz CT molecular complexity index is 641. The molecule has 0 spiro atoms. The molecule has 0 saturated heterocycles. The van der Waals surface area contributed by atoms with Crippen molar-refractivity contribution in [1.82, 2.24) is 4.98 Å². The predicted molar refractivity (Wildman–Crippen MR) is 85.4 cm³/mol. The predicted octanol–water partition coefficient (Wildman–Crippen LogP) is 3.47. The highest BCUT2D eigenvalue weighted by molar-refractivity contribution is 9.10. The fourth-order valence-electron chi connectivity index (χ4n) is 1.79. The second kappa shape index (κ2) is 6.05. The number of pyridine rings is 1. The van der Waals surface area contributed by atoms with Gasteiger partial charge in [0.2, 0.25) is 0 Å². The van der Waals surface area contributed by atoms with E-state index in [0.717, 1.165) is 16.9 Å². The lowest BCUT2D eigenvalue weighted by Crippen LogP contribution is -2.15. The van der Waals surface area contributed by atoms with Gasteiger partial charge in [-0.05, 0) is 58.7 Å². The quantitative estimate of drug-likeness (QED) is 0.874. The van der Waals surface area contributed by atoms with Gasteiger partial charge in [-0.15, -0.1) is 0 Å². The highest BCUT2D eigenvalue weighted by Gasteiger charge is 2.10. The van der Waals surface area contributed by atoms with Gasteiger partial charge < -0.3 is 10.2 Å². The summed E-state index contributed by atoms with van der Waals surface area (Å²) in [6.45, 7) is 1.97. The fourth-order valence-corrected chi connectivity index (χ4v) is 2.13. The van der Waals surface area contributed by atoms with Gasteiger partial charge in [0.15, 0.2) is 0 Å². The molecule has 0 saturated carbocycles. The van der Waals surface area contributed by atoms with E-state index >= 15 is 0 Å². The van der Waals surface area contributed by atoms with Crippen LogP contribution in [0, 0.1) is 6.92 Å². The van der Waals surface area contributed by atoms with Crippen LogP contribution in [0.1, 0.15) is 16.1 Å². The molecule has 0 aliphatic heterocycles. The number of hydrogen-bond acceptors (Lipinski definition) is 3. The monoisotopic (exact) mass is 333 g/mol. The van der Waals surface area contributed by atoms with Crippen LogP contribution >= 0.6 is 15.9 Å². The number of aryl methyl sites for hydroxylation is 1. The average Bonchev–Trinajstić information content (AvgIpc) is 2.40. The van der Waals surface area contributed by atoms with Crippen LogP contribution in [0.4, 0.5) is 11.4 Å². The van der Waals surface area contributed by atoms with Crippen LogP contribution in [-0.2, 0) is 0 Å². The lowest BCUT2D eigenvalue weighted by Gasteiger charge is -2.15.